The van der Waals surface area contributed by atoms with E-state index in [0.29, 0.717) is 12.0 Å². The lowest BCUT2D eigenvalue weighted by Gasteiger charge is -2.32. The summed E-state index contributed by atoms with van der Waals surface area (Å²) < 4.78 is 5.57. The summed E-state index contributed by atoms with van der Waals surface area (Å²) in [6.45, 7) is 8.02. The molecule has 2 N–H and O–H groups in total. The molecule has 0 aliphatic carbocycles. The van der Waals surface area contributed by atoms with E-state index in [4.69, 9.17) is 10.5 Å². The zero-order valence-corrected chi connectivity index (χ0v) is 11.4. The van der Waals surface area contributed by atoms with Gasteiger partial charge in [-0.2, -0.15) is 0 Å². The number of nitrogens with zero attached hydrogens (tertiary/aromatic N) is 2. The molecular formula is C14H27N3O. The maximum atomic E-state index is 6.20. The summed E-state index contributed by atoms with van der Waals surface area (Å²) in [6, 6.07) is 1.16. The predicted octanol–water partition coefficient (Wildman–Crippen LogP) is 0.520. The van der Waals surface area contributed by atoms with Gasteiger partial charge in [-0.1, -0.05) is 0 Å². The minimum atomic E-state index is 0.351. The van der Waals surface area contributed by atoms with Crippen LogP contribution < -0.4 is 5.73 Å². The first-order chi connectivity index (χ1) is 8.83. The Balaban J connectivity index is 1.46. The second-order valence-electron chi connectivity index (χ2n) is 6.23. The molecule has 0 aromatic rings. The molecule has 0 spiro atoms. The lowest BCUT2D eigenvalue weighted by atomic mass is 9.96. The normalized spacial score (nSPS) is 39.5. The average molecular weight is 253 g/mol. The van der Waals surface area contributed by atoms with Crippen molar-refractivity contribution in [2.75, 3.05) is 45.9 Å². The number of likely N-dealkylation sites (tertiary alicyclic amines) is 2. The monoisotopic (exact) mass is 253 g/mol. The second-order valence-corrected chi connectivity index (χ2v) is 6.23. The van der Waals surface area contributed by atoms with Gasteiger partial charge in [0.2, 0.25) is 0 Å². The maximum Gasteiger partial charge on any atom is 0.0521 e. The summed E-state index contributed by atoms with van der Waals surface area (Å²) in [5.41, 5.74) is 6.20. The van der Waals surface area contributed by atoms with Crippen molar-refractivity contribution >= 4 is 0 Å². The van der Waals surface area contributed by atoms with Crippen LogP contribution >= 0.6 is 0 Å². The Morgan fingerprint density at radius 1 is 1.11 bits per heavy atom. The van der Waals surface area contributed by atoms with Crippen molar-refractivity contribution in [3.8, 4) is 0 Å². The highest BCUT2D eigenvalue weighted by molar-refractivity contribution is 4.88. The van der Waals surface area contributed by atoms with Gasteiger partial charge in [0, 0.05) is 37.7 Å². The first-order valence-corrected chi connectivity index (χ1v) is 7.62. The van der Waals surface area contributed by atoms with Crippen LogP contribution in [0.1, 0.15) is 25.7 Å². The van der Waals surface area contributed by atoms with Crippen LogP contribution in [0.25, 0.3) is 0 Å². The van der Waals surface area contributed by atoms with Crippen molar-refractivity contribution in [2.45, 2.75) is 37.8 Å². The number of ether oxygens (including phenoxy) is 1. The Bertz CT molecular complexity index is 268. The summed E-state index contributed by atoms with van der Waals surface area (Å²) in [5.74, 6) is 0.552. The Hall–Kier alpha value is -0.160. The van der Waals surface area contributed by atoms with Crippen molar-refractivity contribution in [1.82, 2.24) is 9.80 Å². The zero-order valence-electron chi connectivity index (χ0n) is 11.4. The molecule has 0 amide bonds. The largest absolute Gasteiger partial charge is 0.381 e. The molecule has 0 bridgehead atoms. The van der Waals surface area contributed by atoms with Gasteiger partial charge in [-0.3, -0.25) is 4.90 Å². The third-order valence-corrected chi connectivity index (χ3v) is 4.93. The van der Waals surface area contributed by atoms with Crippen LogP contribution in [0.3, 0.4) is 0 Å². The van der Waals surface area contributed by atoms with Crippen molar-refractivity contribution in [2.24, 2.45) is 11.7 Å². The van der Waals surface area contributed by atoms with E-state index < -0.39 is 0 Å². The first-order valence-electron chi connectivity index (χ1n) is 7.62. The molecule has 3 atom stereocenters. The molecule has 4 heteroatoms. The highest BCUT2D eigenvalue weighted by atomic mass is 16.5. The number of nitrogens with two attached hydrogens (primary N) is 1. The van der Waals surface area contributed by atoms with Gasteiger partial charge >= 0.3 is 0 Å². The average Bonchev–Trinajstić information content (AvgIpc) is 3.02. The standard InChI is InChI=1S/C14H27N3O/c15-14-4-8-18-11-12(14)9-16-7-3-13(10-16)17-5-1-2-6-17/h12-14H,1-11,15H2. The molecule has 3 saturated heterocycles. The fourth-order valence-electron chi connectivity index (χ4n) is 3.72. The topological polar surface area (TPSA) is 41.7 Å². The molecule has 0 aromatic heterocycles. The van der Waals surface area contributed by atoms with Gasteiger partial charge in [0.15, 0.2) is 0 Å². The molecule has 3 aliphatic heterocycles. The van der Waals surface area contributed by atoms with E-state index in [1.165, 1.54) is 45.4 Å². The fourth-order valence-corrected chi connectivity index (χ4v) is 3.72. The Kier molecular flexibility index (Phi) is 4.19. The third-order valence-electron chi connectivity index (χ3n) is 4.93. The van der Waals surface area contributed by atoms with Crippen LogP contribution in [0.5, 0.6) is 0 Å². The Morgan fingerprint density at radius 2 is 1.94 bits per heavy atom. The minimum Gasteiger partial charge on any atom is -0.381 e. The molecule has 3 rings (SSSR count). The van der Waals surface area contributed by atoms with Crippen LogP contribution in [0.2, 0.25) is 0 Å². The van der Waals surface area contributed by atoms with Crippen molar-refractivity contribution in [1.29, 1.82) is 0 Å². The smallest absolute Gasteiger partial charge is 0.0521 e. The third kappa shape index (κ3) is 2.87. The lowest BCUT2D eigenvalue weighted by Crippen LogP contribution is -2.45. The quantitative estimate of drug-likeness (QED) is 0.796. The van der Waals surface area contributed by atoms with Gasteiger partial charge < -0.3 is 15.4 Å². The summed E-state index contributed by atoms with van der Waals surface area (Å²) in [5, 5.41) is 0. The van der Waals surface area contributed by atoms with E-state index in [0.717, 1.165) is 32.2 Å². The molecular weight excluding hydrogens is 226 g/mol. The molecule has 0 aromatic carbocycles. The number of hydrogen-bond acceptors (Lipinski definition) is 4. The van der Waals surface area contributed by atoms with Crippen molar-refractivity contribution < 1.29 is 4.74 Å². The van der Waals surface area contributed by atoms with E-state index in [2.05, 4.69) is 9.80 Å². The summed E-state index contributed by atoms with van der Waals surface area (Å²) in [4.78, 5) is 5.31. The summed E-state index contributed by atoms with van der Waals surface area (Å²) >= 11 is 0. The van der Waals surface area contributed by atoms with E-state index in [1.807, 2.05) is 0 Å². The van der Waals surface area contributed by atoms with Gasteiger partial charge in [-0.15, -0.1) is 0 Å². The summed E-state index contributed by atoms with van der Waals surface area (Å²) in [7, 11) is 0. The molecule has 3 aliphatic rings. The zero-order chi connectivity index (χ0) is 12.4. The van der Waals surface area contributed by atoms with Gasteiger partial charge in [-0.25, -0.2) is 0 Å². The van der Waals surface area contributed by atoms with E-state index in [-0.39, 0.29) is 0 Å². The van der Waals surface area contributed by atoms with E-state index >= 15 is 0 Å². The molecule has 3 heterocycles. The predicted molar refractivity (Wildman–Crippen MR) is 72.6 cm³/mol. The molecule has 104 valence electrons. The van der Waals surface area contributed by atoms with Crippen LogP contribution in [-0.2, 0) is 4.74 Å². The van der Waals surface area contributed by atoms with Crippen LogP contribution in [0.15, 0.2) is 0 Å². The van der Waals surface area contributed by atoms with Gasteiger partial charge in [0.1, 0.15) is 0 Å². The van der Waals surface area contributed by atoms with Crippen molar-refractivity contribution in [3.63, 3.8) is 0 Å². The van der Waals surface area contributed by atoms with Crippen LogP contribution in [0, 0.1) is 5.92 Å². The van der Waals surface area contributed by atoms with Gasteiger partial charge in [0.25, 0.3) is 0 Å². The molecule has 0 radical (unpaired) electrons. The summed E-state index contributed by atoms with van der Waals surface area (Å²) in [6.07, 6.45) is 5.19. The van der Waals surface area contributed by atoms with Crippen molar-refractivity contribution in [3.05, 3.63) is 0 Å². The van der Waals surface area contributed by atoms with Crippen LogP contribution in [0.4, 0.5) is 0 Å². The first kappa shape index (κ1) is 12.9. The second kappa shape index (κ2) is 5.87. The maximum absolute atomic E-state index is 6.20. The lowest BCUT2D eigenvalue weighted by molar-refractivity contribution is 0.0283. The van der Waals surface area contributed by atoms with E-state index in [9.17, 15) is 0 Å². The molecule has 3 unspecified atom stereocenters. The van der Waals surface area contributed by atoms with Gasteiger partial charge in [-0.05, 0) is 45.3 Å². The molecule has 3 fully saturated rings. The van der Waals surface area contributed by atoms with Gasteiger partial charge in [0.05, 0.1) is 6.61 Å². The number of hydrogen-bond donors (Lipinski definition) is 1. The Labute approximate surface area is 110 Å². The fraction of sp³-hybridized carbons (Fsp3) is 1.00. The van der Waals surface area contributed by atoms with E-state index in [1.54, 1.807) is 0 Å². The highest BCUT2D eigenvalue weighted by Crippen LogP contribution is 2.22. The molecule has 18 heavy (non-hydrogen) atoms. The Morgan fingerprint density at radius 3 is 2.72 bits per heavy atom. The molecule has 4 nitrogen and oxygen atoms in total. The minimum absolute atomic E-state index is 0.351. The SMILES string of the molecule is NC1CCOCC1CN1CCC(N2CCCC2)C1. The van der Waals surface area contributed by atoms with Crippen LogP contribution in [-0.4, -0.2) is 67.8 Å². The highest BCUT2D eigenvalue weighted by Gasteiger charge is 2.32. The molecule has 0 saturated carbocycles. The number of rotatable bonds is 3.